The molecule has 1 aromatic carbocycles. The first-order valence-corrected chi connectivity index (χ1v) is 5.43. The number of hydrogen-bond donors (Lipinski definition) is 3. The zero-order valence-corrected chi connectivity index (χ0v) is 10.4. The lowest BCUT2D eigenvalue weighted by Gasteiger charge is -2.27. The number of hydrogen-bond acceptors (Lipinski definition) is 4. The largest absolute Gasteiger partial charge is 0.409 e. The van der Waals surface area contributed by atoms with Gasteiger partial charge in [0, 0.05) is 24.3 Å². The lowest BCUT2D eigenvalue weighted by atomic mass is 10.1. The molecule has 0 fully saturated rings. The molecule has 0 aliphatic rings. The van der Waals surface area contributed by atoms with Crippen molar-refractivity contribution in [3.8, 4) is 0 Å². The standard InChI is InChI=1S/C12H19N3O2/c1-8-4-5-10(12(13)14-17)11(6-8)15(3)9(2)7-16/h4-6,9,16-17H,7H2,1-3H3,(H2,13,14). The predicted molar refractivity (Wildman–Crippen MR) is 68.6 cm³/mol. The second-order valence-electron chi connectivity index (χ2n) is 4.15. The highest BCUT2D eigenvalue weighted by Crippen LogP contribution is 2.22. The SMILES string of the molecule is Cc1ccc(/C(N)=N/O)c(N(C)C(C)CO)c1. The van der Waals surface area contributed by atoms with Crippen LogP contribution < -0.4 is 10.6 Å². The number of oxime groups is 1. The molecule has 1 atom stereocenters. The van der Waals surface area contributed by atoms with Crippen molar-refractivity contribution in [1.82, 2.24) is 0 Å². The van der Waals surface area contributed by atoms with Gasteiger partial charge in [0.25, 0.3) is 0 Å². The molecule has 0 bridgehead atoms. The average Bonchev–Trinajstić information content (AvgIpc) is 2.35. The van der Waals surface area contributed by atoms with E-state index in [2.05, 4.69) is 5.16 Å². The Hall–Kier alpha value is -1.75. The highest BCUT2D eigenvalue weighted by Gasteiger charge is 2.15. The maximum atomic E-state index is 9.17. The lowest BCUT2D eigenvalue weighted by Crippen LogP contribution is -2.33. The number of rotatable bonds is 4. The molecule has 0 amide bonds. The Bertz CT molecular complexity index is 418. The fourth-order valence-electron chi connectivity index (χ4n) is 1.56. The van der Waals surface area contributed by atoms with Crippen LogP contribution in [0.3, 0.4) is 0 Å². The third kappa shape index (κ3) is 2.88. The zero-order chi connectivity index (χ0) is 13.0. The van der Waals surface area contributed by atoms with Crippen molar-refractivity contribution in [2.45, 2.75) is 19.9 Å². The highest BCUT2D eigenvalue weighted by molar-refractivity contribution is 6.02. The van der Waals surface area contributed by atoms with Crippen LogP contribution in [0.5, 0.6) is 0 Å². The molecule has 0 saturated carbocycles. The molecule has 1 rings (SSSR count). The third-order valence-corrected chi connectivity index (χ3v) is 2.84. The maximum absolute atomic E-state index is 9.17. The van der Waals surface area contributed by atoms with Gasteiger partial charge in [0.2, 0.25) is 0 Å². The van der Waals surface area contributed by atoms with Crippen molar-refractivity contribution in [1.29, 1.82) is 0 Å². The molecule has 5 heteroatoms. The molecular weight excluding hydrogens is 218 g/mol. The predicted octanol–water partition coefficient (Wildman–Crippen LogP) is 0.907. The first-order chi connectivity index (χ1) is 8.01. The number of amidine groups is 1. The number of aliphatic hydroxyl groups is 1. The van der Waals surface area contributed by atoms with Crippen molar-refractivity contribution >= 4 is 11.5 Å². The van der Waals surface area contributed by atoms with Gasteiger partial charge in [-0.05, 0) is 31.5 Å². The van der Waals surface area contributed by atoms with Gasteiger partial charge in [0.1, 0.15) is 0 Å². The van der Waals surface area contributed by atoms with Crippen molar-refractivity contribution in [3.05, 3.63) is 29.3 Å². The quantitative estimate of drug-likeness (QED) is 0.314. The van der Waals surface area contributed by atoms with E-state index in [0.29, 0.717) is 5.56 Å². The van der Waals surface area contributed by atoms with Crippen LogP contribution in [0.4, 0.5) is 5.69 Å². The Morgan fingerprint density at radius 1 is 1.53 bits per heavy atom. The van der Waals surface area contributed by atoms with Crippen LogP contribution >= 0.6 is 0 Å². The van der Waals surface area contributed by atoms with Crippen LogP contribution in [-0.4, -0.2) is 35.8 Å². The van der Waals surface area contributed by atoms with E-state index < -0.39 is 0 Å². The summed E-state index contributed by atoms with van der Waals surface area (Å²) in [6.45, 7) is 3.91. The zero-order valence-electron chi connectivity index (χ0n) is 10.4. The summed E-state index contributed by atoms with van der Waals surface area (Å²) in [4.78, 5) is 1.90. The number of benzene rings is 1. The fraction of sp³-hybridized carbons (Fsp3) is 0.417. The summed E-state index contributed by atoms with van der Waals surface area (Å²) < 4.78 is 0. The Kier molecular flexibility index (Phi) is 4.34. The van der Waals surface area contributed by atoms with Gasteiger partial charge in [-0.15, -0.1) is 0 Å². The molecule has 0 aromatic heterocycles. The molecule has 0 heterocycles. The van der Waals surface area contributed by atoms with Gasteiger partial charge >= 0.3 is 0 Å². The Labute approximate surface area is 101 Å². The van der Waals surface area contributed by atoms with Crippen LogP contribution in [0.25, 0.3) is 0 Å². The molecule has 0 aliphatic heterocycles. The van der Waals surface area contributed by atoms with Gasteiger partial charge in [0.05, 0.1) is 6.61 Å². The molecule has 94 valence electrons. The van der Waals surface area contributed by atoms with E-state index in [4.69, 9.17) is 16.0 Å². The number of aliphatic hydroxyl groups excluding tert-OH is 1. The molecule has 1 aromatic rings. The number of aryl methyl sites for hydroxylation is 1. The van der Waals surface area contributed by atoms with Crippen LogP contribution in [0.1, 0.15) is 18.1 Å². The molecule has 0 aliphatic carbocycles. The summed E-state index contributed by atoms with van der Waals surface area (Å²) in [7, 11) is 1.86. The van der Waals surface area contributed by atoms with E-state index in [0.717, 1.165) is 11.3 Å². The van der Waals surface area contributed by atoms with E-state index >= 15 is 0 Å². The summed E-state index contributed by atoms with van der Waals surface area (Å²) in [6.07, 6.45) is 0. The average molecular weight is 237 g/mol. The lowest BCUT2D eigenvalue weighted by molar-refractivity contribution is 0.270. The molecular formula is C12H19N3O2. The van der Waals surface area contributed by atoms with Gasteiger partial charge in [-0.3, -0.25) is 0 Å². The molecule has 0 saturated heterocycles. The molecule has 17 heavy (non-hydrogen) atoms. The number of nitrogens with zero attached hydrogens (tertiary/aromatic N) is 2. The monoisotopic (exact) mass is 237 g/mol. The van der Waals surface area contributed by atoms with E-state index in [1.165, 1.54) is 0 Å². The molecule has 4 N–H and O–H groups in total. The fourth-order valence-corrected chi connectivity index (χ4v) is 1.56. The van der Waals surface area contributed by atoms with Crippen LogP contribution in [0.15, 0.2) is 23.4 Å². The van der Waals surface area contributed by atoms with Crippen LogP contribution in [0.2, 0.25) is 0 Å². The van der Waals surface area contributed by atoms with Crippen molar-refractivity contribution < 1.29 is 10.3 Å². The number of anilines is 1. The Morgan fingerprint density at radius 3 is 2.71 bits per heavy atom. The van der Waals surface area contributed by atoms with E-state index in [-0.39, 0.29) is 18.5 Å². The first-order valence-electron chi connectivity index (χ1n) is 5.43. The van der Waals surface area contributed by atoms with Gasteiger partial charge < -0.3 is 20.9 Å². The third-order valence-electron chi connectivity index (χ3n) is 2.84. The minimum absolute atomic E-state index is 0.0398. The maximum Gasteiger partial charge on any atom is 0.172 e. The van der Waals surface area contributed by atoms with Crippen molar-refractivity contribution in [2.75, 3.05) is 18.6 Å². The highest BCUT2D eigenvalue weighted by atomic mass is 16.4. The smallest absolute Gasteiger partial charge is 0.172 e. The van der Waals surface area contributed by atoms with Gasteiger partial charge in [-0.25, -0.2) is 0 Å². The van der Waals surface area contributed by atoms with E-state index in [9.17, 15) is 0 Å². The number of likely N-dealkylation sites (N-methyl/N-ethyl adjacent to an activating group) is 1. The van der Waals surface area contributed by atoms with Crippen LogP contribution in [-0.2, 0) is 0 Å². The first kappa shape index (κ1) is 13.3. The summed E-state index contributed by atoms with van der Waals surface area (Å²) in [5.74, 6) is 0.0667. The van der Waals surface area contributed by atoms with Crippen molar-refractivity contribution in [3.63, 3.8) is 0 Å². The van der Waals surface area contributed by atoms with E-state index in [1.54, 1.807) is 6.07 Å². The normalized spacial score (nSPS) is 13.5. The second-order valence-corrected chi connectivity index (χ2v) is 4.15. The van der Waals surface area contributed by atoms with Crippen LogP contribution in [0, 0.1) is 6.92 Å². The summed E-state index contributed by atoms with van der Waals surface area (Å²) in [6, 6.07) is 5.61. The molecule has 1 unspecified atom stereocenters. The van der Waals surface area contributed by atoms with Gasteiger partial charge in [-0.2, -0.15) is 0 Å². The minimum atomic E-state index is -0.0398. The topological polar surface area (TPSA) is 82.1 Å². The molecule has 0 radical (unpaired) electrons. The summed E-state index contributed by atoms with van der Waals surface area (Å²) in [5.41, 5.74) is 8.20. The second kappa shape index (κ2) is 5.54. The summed E-state index contributed by atoms with van der Waals surface area (Å²) in [5, 5.41) is 20.9. The minimum Gasteiger partial charge on any atom is -0.409 e. The Balaban J connectivity index is 3.24. The summed E-state index contributed by atoms with van der Waals surface area (Å²) >= 11 is 0. The van der Waals surface area contributed by atoms with Gasteiger partial charge in [-0.1, -0.05) is 11.2 Å². The van der Waals surface area contributed by atoms with E-state index in [1.807, 2.05) is 37.9 Å². The molecule has 0 spiro atoms. The number of nitrogens with two attached hydrogens (primary N) is 1. The van der Waals surface area contributed by atoms with Crippen molar-refractivity contribution in [2.24, 2.45) is 10.9 Å². The Morgan fingerprint density at radius 2 is 2.18 bits per heavy atom. The molecule has 5 nitrogen and oxygen atoms in total. The van der Waals surface area contributed by atoms with Gasteiger partial charge in [0.15, 0.2) is 5.84 Å².